The number of fused-ring (bicyclic) bond motifs is 6. The summed E-state index contributed by atoms with van der Waals surface area (Å²) in [7, 11) is 0. The molecule has 35 heavy (non-hydrogen) atoms. The lowest BCUT2D eigenvalue weighted by Crippen LogP contribution is -2.32. The van der Waals surface area contributed by atoms with Gasteiger partial charge in [-0.1, -0.05) is 66.2 Å². The van der Waals surface area contributed by atoms with Crippen LogP contribution in [0.15, 0.2) is 84.9 Å². The maximum atomic E-state index is 13.2. The van der Waals surface area contributed by atoms with Crippen LogP contribution in [0, 0.1) is 30.6 Å². The van der Waals surface area contributed by atoms with Crippen LogP contribution in [-0.4, -0.2) is 21.8 Å². The van der Waals surface area contributed by atoms with Crippen molar-refractivity contribution in [2.75, 3.05) is 4.90 Å². The molecule has 5 heteroatoms. The quantitative estimate of drug-likeness (QED) is 0.297. The van der Waals surface area contributed by atoms with Gasteiger partial charge in [0.1, 0.15) is 0 Å². The van der Waals surface area contributed by atoms with Gasteiger partial charge < -0.3 is 0 Å². The molecular weight excluding hydrogens is 434 g/mol. The Morgan fingerprint density at radius 3 is 2.14 bits per heavy atom. The van der Waals surface area contributed by atoms with Gasteiger partial charge in [-0.05, 0) is 49.4 Å². The van der Waals surface area contributed by atoms with Crippen LogP contribution in [-0.2, 0) is 9.59 Å². The molecule has 4 aromatic rings. The van der Waals surface area contributed by atoms with Crippen LogP contribution in [0.1, 0.15) is 12.0 Å². The van der Waals surface area contributed by atoms with E-state index in [-0.39, 0.29) is 35.5 Å². The van der Waals surface area contributed by atoms with E-state index in [1.54, 1.807) is 0 Å². The summed E-state index contributed by atoms with van der Waals surface area (Å²) in [6, 6.07) is 23.8. The Balaban J connectivity index is 1.30. The highest BCUT2D eigenvalue weighted by Crippen LogP contribution is 2.53. The van der Waals surface area contributed by atoms with Gasteiger partial charge in [-0.3, -0.25) is 14.5 Å². The zero-order valence-corrected chi connectivity index (χ0v) is 19.3. The van der Waals surface area contributed by atoms with E-state index < -0.39 is 0 Å². The average molecular weight is 458 g/mol. The summed E-state index contributed by atoms with van der Waals surface area (Å²) in [6.45, 7) is 2.06. The number of aromatic nitrogens is 2. The molecule has 1 saturated heterocycles. The molecule has 5 nitrogen and oxygen atoms in total. The third-order valence-corrected chi connectivity index (χ3v) is 7.75. The summed E-state index contributed by atoms with van der Waals surface area (Å²) in [5.74, 6) is 0.578. The second kappa shape index (κ2) is 7.44. The molecule has 2 aliphatic carbocycles. The Kier molecular flexibility index (Phi) is 4.31. The summed E-state index contributed by atoms with van der Waals surface area (Å²) >= 11 is 0. The minimum absolute atomic E-state index is 0.0564. The molecule has 170 valence electrons. The molecule has 0 unspecified atom stereocenters. The fraction of sp³-hybridized carbons (Fsp3) is 0.200. The Morgan fingerprint density at radius 2 is 1.46 bits per heavy atom. The first kappa shape index (κ1) is 20.3. The Morgan fingerprint density at radius 1 is 0.771 bits per heavy atom. The van der Waals surface area contributed by atoms with Gasteiger partial charge in [0.25, 0.3) is 0 Å². The van der Waals surface area contributed by atoms with Crippen molar-refractivity contribution in [2.24, 2.45) is 23.7 Å². The summed E-state index contributed by atoms with van der Waals surface area (Å²) < 4.78 is 0. The van der Waals surface area contributed by atoms with Crippen LogP contribution in [0.5, 0.6) is 0 Å². The third-order valence-electron chi connectivity index (χ3n) is 7.75. The number of aryl methyl sites for hydroxylation is 1. The van der Waals surface area contributed by atoms with Crippen LogP contribution >= 0.6 is 0 Å². The van der Waals surface area contributed by atoms with E-state index in [0.29, 0.717) is 11.5 Å². The lowest BCUT2D eigenvalue weighted by atomic mass is 9.85. The number of rotatable bonds is 3. The molecule has 2 amide bonds. The number of anilines is 1. The molecule has 0 N–H and O–H groups in total. The van der Waals surface area contributed by atoms with Gasteiger partial charge >= 0.3 is 0 Å². The van der Waals surface area contributed by atoms with E-state index in [0.717, 1.165) is 39.7 Å². The fourth-order valence-corrected chi connectivity index (χ4v) is 6.10. The predicted octanol–water partition coefficient (Wildman–Crippen LogP) is 5.58. The van der Waals surface area contributed by atoms with E-state index in [2.05, 4.69) is 31.2 Å². The molecule has 1 saturated carbocycles. The lowest BCUT2D eigenvalue weighted by molar-refractivity contribution is -0.123. The molecule has 2 bridgehead atoms. The second-order valence-electron chi connectivity index (χ2n) is 9.84. The Labute approximate surface area is 203 Å². The van der Waals surface area contributed by atoms with Crippen molar-refractivity contribution in [3.05, 3.63) is 90.5 Å². The van der Waals surface area contributed by atoms with Gasteiger partial charge in [-0.25, -0.2) is 9.97 Å². The molecule has 2 heterocycles. The molecule has 3 aliphatic rings. The highest BCUT2D eigenvalue weighted by molar-refractivity contribution is 6.22. The van der Waals surface area contributed by atoms with Crippen molar-refractivity contribution in [2.45, 2.75) is 13.3 Å². The number of hydrogen-bond donors (Lipinski definition) is 0. The lowest BCUT2D eigenvalue weighted by Gasteiger charge is -2.18. The topological polar surface area (TPSA) is 63.2 Å². The van der Waals surface area contributed by atoms with Crippen LogP contribution < -0.4 is 4.90 Å². The normalized spacial score (nSPS) is 24.5. The number of allylic oxidation sites excluding steroid dienone is 2. The smallest absolute Gasteiger partial charge is 0.238 e. The number of carbonyl (C=O) groups excluding carboxylic acids is 2. The molecule has 1 aromatic heterocycles. The number of nitrogens with zero attached hydrogens (tertiary/aromatic N) is 3. The number of amides is 2. The maximum Gasteiger partial charge on any atom is 0.238 e. The monoisotopic (exact) mass is 457 g/mol. The molecular formula is C30H23N3O2. The second-order valence-corrected chi connectivity index (χ2v) is 9.84. The molecule has 7 rings (SSSR count). The maximum absolute atomic E-state index is 13.2. The van der Waals surface area contributed by atoms with Crippen LogP contribution in [0.25, 0.3) is 33.5 Å². The van der Waals surface area contributed by atoms with E-state index in [1.165, 1.54) is 4.90 Å². The zero-order valence-electron chi connectivity index (χ0n) is 19.3. The predicted molar refractivity (Wildman–Crippen MR) is 135 cm³/mol. The first-order valence-electron chi connectivity index (χ1n) is 12.1. The van der Waals surface area contributed by atoms with Crippen molar-refractivity contribution in [1.82, 2.24) is 9.97 Å². The summed E-state index contributed by atoms with van der Waals surface area (Å²) in [4.78, 5) is 37.6. The van der Waals surface area contributed by atoms with E-state index >= 15 is 0 Å². The standard InChI is InChI=1S/C30H23N3O2/c1-17-7-14-24-23(15-17)27(32-28(31-24)19-5-3-2-4-6-19)18-10-12-22(13-11-18)33-29(34)25-20-8-9-21(16-20)26(25)30(33)35/h2-15,20-21,25-26H,16H2,1H3/t20-,21-,25+,26+/m0/s1. The molecule has 3 aromatic carbocycles. The minimum atomic E-state index is -0.195. The largest absolute Gasteiger partial charge is 0.274 e. The van der Waals surface area contributed by atoms with Crippen molar-refractivity contribution < 1.29 is 9.59 Å². The van der Waals surface area contributed by atoms with Crippen molar-refractivity contribution in [3.8, 4) is 22.6 Å². The highest BCUT2D eigenvalue weighted by Gasteiger charge is 2.59. The van der Waals surface area contributed by atoms with Gasteiger partial charge in [-0.2, -0.15) is 0 Å². The van der Waals surface area contributed by atoms with Crippen LogP contribution in [0.2, 0.25) is 0 Å². The van der Waals surface area contributed by atoms with Crippen molar-refractivity contribution in [3.63, 3.8) is 0 Å². The van der Waals surface area contributed by atoms with E-state index in [1.807, 2.05) is 60.7 Å². The van der Waals surface area contributed by atoms with Gasteiger partial charge in [0.2, 0.25) is 11.8 Å². The Hall–Kier alpha value is -4.12. The summed E-state index contributed by atoms with van der Waals surface area (Å²) in [5.41, 5.74) is 5.36. The molecule has 4 atom stereocenters. The number of carbonyl (C=O) groups is 2. The molecule has 0 radical (unpaired) electrons. The van der Waals surface area contributed by atoms with Gasteiger partial charge in [0.05, 0.1) is 28.7 Å². The molecule has 2 fully saturated rings. The minimum Gasteiger partial charge on any atom is -0.274 e. The van der Waals surface area contributed by atoms with Gasteiger partial charge in [-0.15, -0.1) is 0 Å². The summed E-state index contributed by atoms with van der Waals surface area (Å²) in [5, 5.41) is 0.975. The number of benzene rings is 3. The van der Waals surface area contributed by atoms with Crippen molar-refractivity contribution >= 4 is 28.4 Å². The van der Waals surface area contributed by atoms with Crippen LogP contribution in [0.3, 0.4) is 0 Å². The summed E-state index contributed by atoms with van der Waals surface area (Å²) in [6.07, 6.45) is 5.18. The Bertz CT molecular complexity index is 1510. The number of hydrogen-bond acceptors (Lipinski definition) is 4. The number of imide groups is 1. The third kappa shape index (κ3) is 3.01. The first-order chi connectivity index (χ1) is 17.1. The van der Waals surface area contributed by atoms with E-state index in [4.69, 9.17) is 9.97 Å². The fourth-order valence-electron chi connectivity index (χ4n) is 6.10. The molecule has 0 spiro atoms. The van der Waals surface area contributed by atoms with Crippen LogP contribution in [0.4, 0.5) is 5.69 Å². The van der Waals surface area contributed by atoms with E-state index in [9.17, 15) is 9.59 Å². The highest BCUT2D eigenvalue weighted by atomic mass is 16.2. The first-order valence-corrected chi connectivity index (χ1v) is 12.1. The zero-order chi connectivity index (χ0) is 23.7. The average Bonchev–Trinajstić information content (AvgIpc) is 3.58. The van der Waals surface area contributed by atoms with Gasteiger partial charge in [0.15, 0.2) is 5.82 Å². The van der Waals surface area contributed by atoms with Gasteiger partial charge in [0, 0.05) is 16.5 Å². The van der Waals surface area contributed by atoms with Crippen molar-refractivity contribution in [1.29, 1.82) is 0 Å². The molecule has 1 aliphatic heterocycles. The SMILES string of the molecule is Cc1ccc2nc(-c3ccccc3)nc(-c3ccc(N4C(=O)[C@H]5[C@H](C4=O)[C@H]4C=C[C@H]5C4)cc3)c2c1.